The van der Waals surface area contributed by atoms with Crippen LogP contribution in [0.5, 0.6) is 0 Å². The molecule has 4 nitrogen and oxygen atoms in total. The highest BCUT2D eigenvalue weighted by atomic mass is 16.5. The Morgan fingerprint density at radius 3 is 2.41 bits per heavy atom. The number of carbonyl (C=O) groups excluding carboxylic acids is 2. The van der Waals surface area contributed by atoms with Crippen molar-refractivity contribution < 1.29 is 19.1 Å². The molecule has 6 atom stereocenters. The molecule has 0 aromatic carbocycles. The van der Waals surface area contributed by atoms with Gasteiger partial charge in [-0.25, -0.2) is 0 Å². The Hall–Kier alpha value is -1.84. The molecule has 2 saturated carbocycles. The maximum absolute atomic E-state index is 11.4. The number of rotatable bonds is 3. The van der Waals surface area contributed by atoms with Gasteiger partial charge in [0.15, 0.2) is 0 Å². The van der Waals surface area contributed by atoms with Crippen LogP contribution in [0.4, 0.5) is 0 Å². The van der Waals surface area contributed by atoms with Gasteiger partial charge in [0.2, 0.25) is 0 Å². The molecule has 0 saturated heterocycles. The number of hydrogen-bond donors (Lipinski definition) is 0. The Morgan fingerprint density at radius 1 is 1.00 bits per heavy atom. The summed E-state index contributed by atoms with van der Waals surface area (Å²) >= 11 is 0. The van der Waals surface area contributed by atoms with Crippen molar-refractivity contribution >= 4 is 11.9 Å². The van der Waals surface area contributed by atoms with E-state index < -0.39 is 0 Å². The lowest BCUT2D eigenvalue weighted by Crippen LogP contribution is -2.50. The van der Waals surface area contributed by atoms with Crippen LogP contribution in [0.1, 0.15) is 72.6 Å². The third-order valence-corrected chi connectivity index (χ3v) is 8.54. The number of ether oxygens (including phenoxy) is 2. The molecule has 0 bridgehead atoms. The molecule has 0 radical (unpaired) electrons. The van der Waals surface area contributed by atoms with Gasteiger partial charge in [-0.05, 0) is 72.7 Å². The summed E-state index contributed by atoms with van der Waals surface area (Å²) in [5, 5.41) is 0. The van der Waals surface area contributed by atoms with Crippen LogP contribution in [0.2, 0.25) is 0 Å². The molecular formula is C25H34O4. The Morgan fingerprint density at radius 2 is 1.72 bits per heavy atom. The number of esters is 2. The largest absolute Gasteiger partial charge is 0.462 e. The van der Waals surface area contributed by atoms with E-state index in [1.54, 1.807) is 0 Å². The summed E-state index contributed by atoms with van der Waals surface area (Å²) in [6.45, 7) is 11.8. The SMILES string of the molecule is C=C(OC(C)=O)C1=CC[C@@H]2[C@H]3CC=C4C[C@@H](OC(C)=O)CC[C@]4(C)[C@@H]3CC[C@@]12C. The molecule has 0 N–H and O–H groups in total. The second kappa shape index (κ2) is 7.14. The van der Waals surface area contributed by atoms with Crippen molar-refractivity contribution in [1.82, 2.24) is 0 Å². The monoisotopic (exact) mass is 398 g/mol. The molecule has 4 heteroatoms. The third-order valence-electron chi connectivity index (χ3n) is 8.54. The average molecular weight is 399 g/mol. The number of fused-ring (bicyclic) bond motifs is 5. The van der Waals surface area contributed by atoms with Gasteiger partial charge in [-0.2, -0.15) is 0 Å². The van der Waals surface area contributed by atoms with Gasteiger partial charge in [-0.1, -0.05) is 38.2 Å². The summed E-state index contributed by atoms with van der Waals surface area (Å²) in [5.74, 6) is 1.98. The van der Waals surface area contributed by atoms with E-state index >= 15 is 0 Å². The van der Waals surface area contributed by atoms with Gasteiger partial charge < -0.3 is 9.47 Å². The fraction of sp³-hybridized carbons (Fsp3) is 0.680. The first-order valence-electron chi connectivity index (χ1n) is 11.1. The van der Waals surface area contributed by atoms with Crippen molar-refractivity contribution in [1.29, 1.82) is 0 Å². The average Bonchev–Trinajstić information content (AvgIpc) is 2.98. The molecule has 4 aliphatic carbocycles. The van der Waals surface area contributed by atoms with E-state index in [9.17, 15) is 9.59 Å². The molecule has 0 spiro atoms. The summed E-state index contributed by atoms with van der Waals surface area (Å²) in [6.07, 6.45) is 12.2. The fourth-order valence-corrected chi connectivity index (χ4v) is 7.19. The minimum atomic E-state index is -0.293. The highest BCUT2D eigenvalue weighted by Crippen LogP contribution is 2.65. The molecular weight excluding hydrogens is 364 g/mol. The molecule has 4 rings (SSSR count). The number of carbonyl (C=O) groups is 2. The van der Waals surface area contributed by atoms with Crippen molar-refractivity contribution in [2.45, 2.75) is 78.7 Å². The van der Waals surface area contributed by atoms with Crippen LogP contribution in [0.15, 0.2) is 35.6 Å². The van der Waals surface area contributed by atoms with E-state index in [2.05, 4.69) is 32.6 Å². The fourth-order valence-electron chi connectivity index (χ4n) is 7.19. The second-order valence-corrected chi connectivity index (χ2v) is 10.1. The molecule has 0 amide bonds. The molecule has 0 unspecified atom stereocenters. The highest BCUT2D eigenvalue weighted by molar-refractivity contribution is 5.68. The predicted octanol–water partition coefficient (Wildman–Crippen LogP) is 5.49. The van der Waals surface area contributed by atoms with Gasteiger partial charge >= 0.3 is 11.9 Å². The summed E-state index contributed by atoms with van der Waals surface area (Å²) in [6, 6.07) is 0. The van der Waals surface area contributed by atoms with E-state index in [1.807, 2.05) is 0 Å². The van der Waals surface area contributed by atoms with Gasteiger partial charge in [0.05, 0.1) is 0 Å². The van der Waals surface area contributed by atoms with Crippen molar-refractivity contribution in [3.63, 3.8) is 0 Å². The first-order valence-corrected chi connectivity index (χ1v) is 11.1. The van der Waals surface area contributed by atoms with Crippen molar-refractivity contribution in [3.8, 4) is 0 Å². The first-order chi connectivity index (χ1) is 13.6. The zero-order chi connectivity index (χ0) is 21.0. The van der Waals surface area contributed by atoms with Gasteiger partial charge in [0, 0.05) is 20.3 Å². The van der Waals surface area contributed by atoms with Crippen molar-refractivity contribution in [3.05, 3.63) is 35.6 Å². The van der Waals surface area contributed by atoms with Gasteiger partial charge in [-0.15, -0.1) is 0 Å². The Bertz CT molecular complexity index is 806. The van der Waals surface area contributed by atoms with Crippen LogP contribution in [0.25, 0.3) is 0 Å². The molecule has 0 heterocycles. The van der Waals surface area contributed by atoms with Crippen LogP contribution >= 0.6 is 0 Å². The Labute approximate surface area is 174 Å². The second-order valence-electron chi connectivity index (χ2n) is 10.1. The molecule has 29 heavy (non-hydrogen) atoms. The van der Waals surface area contributed by atoms with E-state index in [1.165, 1.54) is 25.8 Å². The highest BCUT2D eigenvalue weighted by Gasteiger charge is 2.57. The molecule has 0 aromatic rings. The summed E-state index contributed by atoms with van der Waals surface area (Å²) in [7, 11) is 0. The van der Waals surface area contributed by atoms with E-state index in [-0.39, 0.29) is 28.9 Å². The predicted molar refractivity (Wildman–Crippen MR) is 112 cm³/mol. The smallest absolute Gasteiger partial charge is 0.308 e. The van der Waals surface area contributed by atoms with Crippen LogP contribution < -0.4 is 0 Å². The van der Waals surface area contributed by atoms with Crippen LogP contribution in [-0.4, -0.2) is 18.0 Å². The van der Waals surface area contributed by atoms with E-state index in [0.717, 1.165) is 44.1 Å². The Balaban J connectivity index is 1.55. The zero-order valence-electron chi connectivity index (χ0n) is 18.3. The van der Waals surface area contributed by atoms with Crippen LogP contribution in [-0.2, 0) is 19.1 Å². The third kappa shape index (κ3) is 3.29. The van der Waals surface area contributed by atoms with Gasteiger partial charge in [-0.3, -0.25) is 9.59 Å². The Kier molecular flexibility index (Phi) is 5.03. The number of allylic oxidation sites excluding steroid dienone is 3. The standard InChI is InChI=1S/C25H34O4/c1-15(28-16(2)26)21-8-9-22-20-7-6-18-14-19(29-17(3)27)10-12-24(18,4)23(20)11-13-25(21,22)5/h6,8,19-20,22-23H,1,7,9-14H2,2-5H3/t19-,20+,22+,23+,24-,25-/m0/s1. The molecule has 2 fully saturated rings. The normalized spacial score (nSPS) is 40.6. The molecule has 0 aliphatic heterocycles. The minimum absolute atomic E-state index is 0.0454. The quantitative estimate of drug-likeness (QED) is 0.358. The van der Waals surface area contributed by atoms with Crippen molar-refractivity contribution in [2.24, 2.45) is 28.6 Å². The van der Waals surface area contributed by atoms with Gasteiger partial charge in [0.1, 0.15) is 11.9 Å². The molecule has 4 aliphatic rings. The maximum Gasteiger partial charge on any atom is 0.308 e. The zero-order valence-corrected chi connectivity index (χ0v) is 18.3. The lowest BCUT2D eigenvalue weighted by molar-refractivity contribution is -0.148. The lowest BCUT2D eigenvalue weighted by atomic mass is 9.47. The van der Waals surface area contributed by atoms with Crippen LogP contribution in [0, 0.1) is 28.6 Å². The minimum Gasteiger partial charge on any atom is -0.462 e. The van der Waals surface area contributed by atoms with E-state index in [4.69, 9.17) is 9.47 Å². The molecule has 0 aromatic heterocycles. The molecule has 158 valence electrons. The van der Waals surface area contributed by atoms with E-state index in [0.29, 0.717) is 23.5 Å². The summed E-state index contributed by atoms with van der Waals surface area (Å²) in [5.41, 5.74) is 2.92. The summed E-state index contributed by atoms with van der Waals surface area (Å²) < 4.78 is 10.9. The van der Waals surface area contributed by atoms with Crippen LogP contribution in [0.3, 0.4) is 0 Å². The maximum atomic E-state index is 11.4. The first kappa shape index (κ1) is 20.4. The lowest BCUT2D eigenvalue weighted by Gasteiger charge is -2.57. The van der Waals surface area contributed by atoms with Crippen molar-refractivity contribution in [2.75, 3.05) is 0 Å². The number of hydrogen-bond acceptors (Lipinski definition) is 4. The van der Waals surface area contributed by atoms with Gasteiger partial charge in [0.25, 0.3) is 0 Å². The topological polar surface area (TPSA) is 52.6 Å². The summed E-state index contributed by atoms with van der Waals surface area (Å²) in [4.78, 5) is 22.9.